The number of amides is 2. The number of aromatic hydroxyl groups is 1. The maximum atomic E-state index is 14.1. The SMILES string of the molecule is CCC/C(=C\c1cc(I)c(O)c(OC)c1)CC[C@@H](O)C1=C(CC)C[C@H]2C(=O)N(C3CCN(Cc4ccccc4)CC3)C(=O)[C@H]2[C@H]1CO. The number of fused-ring (bicyclic) bond motifs is 1. The smallest absolute Gasteiger partial charge is 0.234 e. The molecule has 9 heteroatoms. The van der Waals surface area contributed by atoms with Gasteiger partial charge in [0, 0.05) is 31.6 Å². The maximum Gasteiger partial charge on any atom is 0.234 e. The summed E-state index contributed by atoms with van der Waals surface area (Å²) in [5, 5.41) is 32.7. The van der Waals surface area contributed by atoms with Crippen LogP contribution in [0, 0.1) is 21.3 Å². The van der Waals surface area contributed by atoms with Gasteiger partial charge >= 0.3 is 0 Å². The Kier molecular flexibility index (Phi) is 12.2. The second-order valence-electron chi connectivity index (χ2n) is 13.2. The fourth-order valence-electron chi connectivity index (χ4n) is 8.00. The summed E-state index contributed by atoms with van der Waals surface area (Å²) in [7, 11) is 1.53. The van der Waals surface area contributed by atoms with Crippen molar-refractivity contribution in [3.63, 3.8) is 0 Å². The summed E-state index contributed by atoms with van der Waals surface area (Å²) in [6, 6.07) is 13.9. The van der Waals surface area contributed by atoms with Crippen LogP contribution in [-0.2, 0) is 16.1 Å². The Morgan fingerprint density at radius 1 is 1.09 bits per heavy atom. The number of methoxy groups -OCH3 is 1. The van der Waals surface area contributed by atoms with E-state index >= 15 is 0 Å². The van der Waals surface area contributed by atoms with E-state index in [2.05, 4.69) is 52.6 Å². The number of hydrogen-bond acceptors (Lipinski definition) is 7. The average Bonchev–Trinajstić information content (AvgIpc) is 3.33. The first kappa shape index (κ1) is 35.6. The summed E-state index contributed by atoms with van der Waals surface area (Å²) in [6.07, 6.45) is 6.78. The summed E-state index contributed by atoms with van der Waals surface area (Å²) in [6.45, 7) is 6.37. The zero-order valence-corrected chi connectivity index (χ0v) is 30.0. The third kappa shape index (κ3) is 7.79. The molecule has 8 nitrogen and oxygen atoms in total. The van der Waals surface area contributed by atoms with Crippen molar-refractivity contribution in [3.8, 4) is 11.5 Å². The number of ether oxygens (including phenoxy) is 1. The van der Waals surface area contributed by atoms with Crippen LogP contribution in [0.3, 0.4) is 0 Å². The number of hydrogen-bond donors (Lipinski definition) is 3. The molecule has 3 aliphatic rings. The van der Waals surface area contributed by atoms with Crippen LogP contribution in [-0.4, -0.2) is 75.9 Å². The molecule has 2 aliphatic heterocycles. The van der Waals surface area contributed by atoms with E-state index in [1.807, 2.05) is 37.3 Å². The number of benzene rings is 2. The third-order valence-corrected chi connectivity index (χ3v) is 11.1. The molecule has 0 bridgehead atoms. The summed E-state index contributed by atoms with van der Waals surface area (Å²) >= 11 is 2.09. The molecule has 1 aliphatic carbocycles. The highest BCUT2D eigenvalue weighted by molar-refractivity contribution is 14.1. The van der Waals surface area contributed by atoms with Crippen molar-refractivity contribution in [2.75, 3.05) is 26.8 Å². The second-order valence-corrected chi connectivity index (χ2v) is 14.4. The van der Waals surface area contributed by atoms with E-state index in [1.165, 1.54) is 23.1 Å². The molecule has 0 radical (unpaired) electrons. The molecule has 2 aromatic rings. The highest BCUT2D eigenvalue weighted by Gasteiger charge is 2.56. The Morgan fingerprint density at radius 3 is 2.45 bits per heavy atom. The van der Waals surface area contributed by atoms with Gasteiger partial charge in [0.25, 0.3) is 0 Å². The molecular weight excluding hydrogens is 707 g/mol. The molecule has 0 unspecified atom stereocenters. The number of rotatable bonds is 13. The largest absolute Gasteiger partial charge is 0.504 e. The predicted octanol–water partition coefficient (Wildman–Crippen LogP) is 6.31. The van der Waals surface area contributed by atoms with Crippen molar-refractivity contribution < 1.29 is 29.6 Å². The van der Waals surface area contributed by atoms with Crippen LogP contribution in [0.25, 0.3) is 6.08 Å². The van der Waals surface area contributed by atoms with E-state index in [9.17, 15) is 24.9 Å². The number of imide groups is 1. The number of allylic oxidation sites excluding steroid dienone is 2. The van der Waals surface area contributed by atoms with Crippen LogP contribution in [0.15, 0.2) is 59.2 Å². The number of phenols is 1. The Bertz CT molecular complexity index is 1480. The van der Waals surface area contributed by atoms with E-state index in [-0.39, 0.29) is 30.2 Å². The van der Waals surface area contributed by atoms with Gasteiger partial charge in [0.15, 0.2) is 11.5 Å². The molecule has 2 saturated heterocycles. The number of aliphatic hydroxyl groups excluding tert-OH is 2. The van der Waals surface area contributed by atoms with Crippen LogP contribution >= 0.6 is 22.6 Å². The number of halogens is 1. The fraction of sp³-hybridized carbons (Fsp3) is 0.526. The average molecular weight is 757 g/mol. The Morgan fingerprint density at radius 2 is 1.81 bits per heavy atom. The monoisotopic (exact) mass is 756 g/mol. The topological polar surface area (TPSA) is 111 Å². The molecule has 0 spiro atoms. The lowest BCUT2D eigenvalue weighted by atomic mass is 9.67. The number of phenolic OH excluding ortho intramolecular Hbond substituents is 1. The van der Waals surface area contributed by atoms with Crippen molar-refractivity contribution in [1.29, 1.82) is 0 Å². The zero-order valence-electron chi connectivity index (χ0n) is 27.8. The van der Waals surface area contributed by atoms with Crippen molar-refractivity contribution in [3.05, 3.63) is 73.9 Å². The summed E-state index contributed by atoms with van der Waals surface area (Å²) in [4.78, 5) is 31.8. The van der Waals surface area contributed by atoms with E-state index in [1.54, 1.807) is 0 Å². The lowest BCUT2D eigenvalue weighted by Gasteiger charge is -2.37. The minimum atomic E-state index is -0.823. The predicted molar refractivity (Wildman–Crippen MR) is 192 cm³/mol. The molecule has 254 valence electrons. The number of piperidine rings is 1. The molecule has 0 saturated carbocycles. The number of carbonyl (C=O) groups excluding carboxylic acids is 2. The lowest BCUT2D eigenvalue weighted by Crippen LogP contribution is -2.47. The van der Waals surface area contributed by atoms with Gasteiger partial charge < -0.3 is 20.1 Å². The number of nitrogens with zero attached hydrogens (tertiary/aromatic N) is 2. The highest BCUT2D eigenvalue weighted by Crippen LogP contribution is 2.48. The molecule has 5 rings (SSSR count). The van der Waals surface area contributed by atoms with Crippen LogP contribution in [0.5, 0.6) is 11.5 Å². The van der Waals surface area contributed by atoms with Gasteiger partial charge in [-0.15, -0.1) is 0 Å². The lowest BCUT2D eigenvalue weighted by molar-refractivity contribution is -0.144. The van der Waals surface area contributed by atoms with Crippen molar-refractivity contribution in [2.24, 2.45) is 17.8 Å². The van der Waals surface area contributed by atoms with Crippen LogP contribution in [0.4, 0.5) is 0 Å². The maximum absolute atomic E-state index is 14.1. The van der Waals surface area contributed by atoms with Crippen molar-refractivity contribution in [1.82, 2.24) is 9.80 Å². The van der Waals surface area contributed by atoms with Gasteiger partial charge in [0.2, 0.25) is 11.8 Å². The third-order valence-electron chi connectivity index (χ3n) is 10.3. The Balaban J connectivity index is 1.29. The van der Waals surface area contributed by atoms with Crippen LogP contribution in [0.2, 0.25) is 0 Å². The van der Waals surface area contributed by atoms with Gasteiger partial charge in [-0.1, -0.05) is 67.8 Å². The van der Waals surface area contributed by atoms with E-state index < -0.39 is 23.9 Å². The molecule has 2 aromatic carbocycles. The van der Waals surface area contributed by atoms with Gasteiger partial charge in [0.05, 0.1) is 35.2 Å². The molecule has 2 amide bonds. The number of carbonyl (C=O) groups is 2. The molecular formula is C38H49IN2O6. The minimum Gasteiger partial charge on any atom is -0.504 e. The van der Waals surface area contributed by atoms with E-state index in [0.717, 1.165) is 62.0 Å². The molecule has 3 N–H and O–H groups in total. The molecule has 0 aromatic heterocycles. The normalized spacial score (nSPS) is 23.4. The minimum absolute atomic E-state index is 0.105. The quantitative estimate of drug-likeness (QED) is 0.125. The number of likely N-dealkylation sites (tertiary alicyclic amines) is 2. The van der Waals surface area contributed by atoms with Gasteiger partial charge in [-0.25, -0.2) is 0 Å². The van der Waals surface area contributed by atoms with E-state index in [4.69, 9.17) is 4.74 Å². The standard InChI is InChI=1S/C38H49IN2O6/c1-4-9-24(18-26-19-31(39)36(44)33(20-26)47-3)12-13-32(43)34-27(5-2)21-29-35(30(34)23-42)38(46)41(37(29)45)28-14-16-40(17-15-28)22-25-10-7-6-8-11-25/h6-8,10-11,18-20,28-30,32,35,42-44H,4-5,9,12-17,21-23H2,1-3H3/b24-18+/t29-,30+,32-,35-/m1/s1. The van der Waals surface area contributed by atoms with Crippen molar-refractivity contribution >= 4 is 40.5 Å². The summed E-state index contributed by atoms with van der Waals surface area (Å²) in [5.41, 5.74) is 5.10. The zero-order chi connectivity index (χ0) is 33.7. The first-order chi connectivity index (χ1) is 22.7. The fourth-order valence-corrected chi connectivity index (χ4v) is 8.62. The first-order valence-electron chi connectivity index (χ1n) is 17.1. The Hall–Kier alpha value is -2.73. The number of aliphatic hydroxyl groups is 2. The van der Waals surface area contributed by atoms with Gasteiger partial charge in [0.1, 0.15) is 0 Å². The molecule has 2 fully saturated rings. The van der Waals surface area contributed by atoms with Gasteiger partial charge in [-0.05, 0) is 96.4 Å². The summed E-state index contributed by atoms with van der Waals surface area (Å²) in [5.74, 6) is -1.42. The van der Waals surface area contributed by atoms with Crippen molar-refractivity contribution in [2.45, 2.75) is 83.9 Å². The molecule has 4 atom stereocenters. The van der Waals surface area contributed by atoms with Crippen LogP contribution < -0.4 is 4.74 Å². The van der Waals surface area contributed by atoms with Crippen LogP contribution in [0.1, 0.15) is 76.3 Å². The van der Waals surface area contributed by atoms with E-state index in [0.29, 0.717) is 35.0 Å². The molecule has 47 heavy (non-hydrogen) atoms. The summed E-state index contributed by atoms with van der Waals surface area (Å²) < 4.78 is 6.05. The Labute approximate surface area is 292 Å². The van der Waals surface area contributed by atoms with Gasteiger partial charge in [-0.3, -0.25) is 19.4 Å². The second kappa shape index (κ2) is 16.1. The van der Waals surface area contributed by atoms with Gasteiger partial charge in [-0.2, -0.15) is 0 Å². The molecule has 2 heterocycles. The first-order valence-corrected chi connectivity index (χ1v) is 18.2. The highest BCUT2D eigenvalue weighted by atomic mass is 127.